The number of nitrogens with zero attached hydrogens (tertiary/aromatic N) is 2. The van der Waals surface area contributed by atoms with Crippen LogP contribution in [0.1, 0.15) is 41.5 Å². The molecule has 0 unspecified atom stereocenters. The SMILES string of the molecule is CN1CCN([C@@H]2Cc3ccccc3Sc3cccc(C4CC4)c32)CC1. The Bertz CT molecular complexity index is 775. The van der Waals surface area contributed by atoms with Gasteiger partial charge >= 0.3 is 0 Å². The molecule has 0 N–H and O–H groups in total. The summed E-state index contributed by atoms with van der Waals surface area (Å²) in [6, 6.07) is 16.6. The third-order valence-electron chi connectivity index (χ3n) is 6.03. The van der Waals surface area contributed by atoms with Gasteiger partial charge in [-0.3, -0.25) is 4.90 Å². The molecule has 130 valence electrons. The van der Waals surface area contributed by atoms with E-state index >= 15 is 0 Å². The third-order valence-corrected chi connectivity index (χ3v) is 7.23. The zero-order valence-electron chi connectivity index (χ0n) is 14.9. The second kappa shape index (κ2) is 6.46. The van der Waals surface area contributed by atoms with Gasteiger partial charge in [0.1, 0.15) is 0 Å². The van der Waals surface area contributed by atoms with Crippen molar-refractivity contribution in [1.82, 2.24) is 9.80 Å². The molecular weight excluding hydrogens is 324 g/mol. The van der Waals surface area contributed by atoms with Crippen LogP contribution in [0.4, 0.5) is 0 Å². The van der Waals surface area contributed by atoms with E-state index in [2.05, 4.69) is 59.3 Å². The second-order valence-corrected chi connectivity index (χ2v) is 8.89. The first-order valence-corrected chi connectivity index (χ1v) is 10.4. The quantitative estimate of drug-likeness (QED) is 0.784. The predicted molar refractivity (Wildman–Crippen MR) is 104 cm³/mol. The second-order valence-electron chi connectivity index (χ2n) is 7.80. The molecule has 2 heterocycles. The summed E-state index contributed by atoms with van der Waals surface area (Å²) in [7, 11) is 2.25. The van der Waals surface area contributed by atoms with Crippen molar-refractivity contribution in [3.05, 3.63) is 59.2 Å². The maximum atomic E-state index is 2.76. The van der Waals surface area contributed by atoms with Gasteiger partial charge in [0.05, 0.1) is 0 Å². The van der Waals surface area contributed by atoms with Gasteiger partial charge in [-0.25, -0.2) is 0 Å². The monoisotopic (exact) mass is 350 g/mol. The summed E-state index contributed by atoms with van der Waals surface area (Å²) in [4.78, 5) is 8.17. The largest absolute Gasteiger partial charge is 0.304 e. The highest BCUT2D eigenvalue weighted by atomic mass is 32.2. The molecule has 0 aromatic heterocycles. The van der Waals surface area contributed by atoms with Crippen LogP contribution >= 0.6 is 11.8 Å². The van der Waals surface area contributed by atoms with Crippen molar-refractivity contribution in [1.29, 1.82) is 0 Å². The molecule has 0 amide bonds. The molecule has 2 nitrogen and oxygen atoms in total. The minimum atomic E-state index is 0.539. The van der Waals surface area contributed by atoms with Crippen LogP contribution in [0.25, 0.3) is 0 Å². The Morgan fingerprint density at radius 1 is 0.880 bits per heavy atom. The summed E-state index contributed by atoms with van der Waals surface area (Å²) in [5.41, 5.74) is 4.81. The maximum Gasteiger partial charge on any atom is 0.0403 e. The molecule has 3 aliphatic rings. The molecule has 3 heteroatoms. The van der Waals surface area contributed by atoms with Crippen LogP contribution in [0.15, 0.2) is 52.3 Å². The Balaban J connectivity index is 1.61. The van der Waals surface area contributed by atoms with Crippen LogP contribution in [0.2, 0.25) is 0 Å². The van der Waals surface area contributed by atoms with Gasteiger partial charge in [0.25, 0.3) is 0 Å². The van der Waals surface area contributed by atoms with E-state index < -0.39 is 0 Å². The Kier molecular flexibility index (Phi) is 4.11. The van der Waals surface area contributed by atoms with Gasteiger partial charge in [-0.2, -0.15) is 0 Å². The van der Waals surface area contributed by atoms with Crippen molar-refractivity contribution in [2.24, 2.45) is 0 Å². The summed E-state index contributed by atoms with van der Waals surface area (Å²) < 4.78 is 0. The van der Waals surface area contributed by atoms with E-state index in [1.165, 1.54) is 54.4 Å². The molecule has 1 aliphatic carbocycles. The number of hydrogen-bond acceptors (Lipinski definition) is 3. The fourth-order valence-corrected chi connectivity index (χ4v) is 5.58. The maximum absolute atomic E-state index is 2.76. The van der Waals surface area contributed by atoms with Gasteiger partial charge in [0.15, 0.2) is 0 Å². The summed E-state index contributed by atoms with van der Waals surface area (Å²) in [5, 5.41) is 0. The van der Waals surface area contributed by atoms with Gasteiger partial charge in [-0.1, -0.05) is 42.1 Å². The van der Waals surface area contributed by atoms with Crippen molar-refractivity contribution in [3.8, 4) is 0 Å². The molecule has 1 saturated carbocycles. The van der Waals surface area contributed by atoms with Gasteiger partial charge in [-0.05, 0) is 61.1 Å². The Morgan fingerprint density at radius 2 is 1.64 bits per heavy atom. The van der Waals surface area contributed by atoms with Crippen molar-refractivity contribution < 1.29 is 0 Å². The van der Waals surface area contributed by atoms with Gasteiger partial charge in [-0.15, -0.1) is 0 Å². The first-order valence-electron chi connectivity index (χ1n) is 9.61. The smallest absolute Gasteiger partial charge is 0.0403 e. The fourth-order valence-electron chi connectivity index (χ4n) is 4.40. The van der Waals surface area contributed by atoms with Crippen LogP contribution in [0.3, 0.4) is 0 Å². The lowest BCUT2D eigenvalue weighted by Gasteiger charge is -2.39. The molecule has 0 radical (unpaired) electrons. The molecule has 2 fully saturated rings. The van der Waals surface area contributed by atoms with Crippen LogP contribution < -0.4 is 0 Å². The average molecular weight is 351 g/mol. The van der Waals surface area contributed by atoms with Crippen LogP contribution in [0, 0.1) is 0 Å². The normalized spacial score (nSPS) is 24.4. The topological polar surface area (TPSA) is 6.48 Å². The first-order chi connectivity index (χ1) is 12.3. The first kappa shape index (κ1) is 15.9. The summed E-state index contributed by atoms with van der Waals surface area (Å²) in [5.74, 6) is 0.812. The van der Waals surface area contributed by atoms with Gasteiger partial charge in [0.2, 0.25) is 0 Å². The lowest BCUT2D eigenvalue weighted by Crippen LogP contribution is -2.46. The van der Waals surface area contributed by atoms with Crippen molar-refractivity contribution in [2.45, 2.75) is 41.0 Å². The number of benzene rings is 2. The minimum Gasteiger partial charge on any atom is -0.304 e. The third kappa shape index (κ3) is 3.03. The molecular formula is C22H26N2S. The summed E-state index contributed by atoms with van der Waals surface area (Å²) in [6.45, 7) is 4.75. The summed E-state index contributed by atoms with van der Waals surface area (Å²) in [6.07, 6.45) is 3.91. The van der Waals surface area contributed by atoms with E-state index in [4.69, 9.17) is 0 Å². The van der Waals surface area contributed by atoms with Crippen molar-refractivity contribution in [2.75, 3.05) is 33.2 Å². The molecule has 1 atom stereocenters. The van der Waals surface area contributed by atoms with E-state index in [1.54, 1.807) is 11.1 Å². The van der Waals surface area contributed by atoms with E-state index in [1.807, 2.05) is 11.8 Å². The number of likely N-dealkylation sites (N-methyl/N-ethyl adjacent to an activating group) is 1. The van der Waals surface area contributed by atoms with Gasteiger partial charge < -0.3 is 4.90 Å². The molecule has 5 rings (SSSR count). The van der Waals surface area contributed by atoms with Crippen LogP contribution in [0.5, 0.6) is 0 Å². The molecule has 25 heavy (non-hydrogen) atoms. The zero-order chi connectivity index (χ0) is 16.8. The highest BCUT2D eigenvalue weighted by molar-refractivity contribution is 7.99. The number of piperazine rings is 1. The molecule has 2 aliphatic heterocycles. The van der Waals surface area contributed by atoms with Gasteiger partial charge in [0, 0.05) is 42.0 Å². The summed E-state index contributed by atoms with van der Waals surface area (Å²) >= 11 is 1.99. The van der Waals surface area contributed by atoms with Crippen LogP contribution in [-0.4, -0.2) is 43.0 Å². The standard InChI is InChI=1S/C22H26N2S/c1-23-11-13-24(14-12-23)19-15-17-5-2-3-7-20(17)25-21-8-4-6-18(22(19)21)16-9-10-16/h2-8,16,19H,9-15H2,1H3/t19-/m1/s1. The Morgan fingerprint density at radius 3 is 2.44 bits per heavy atom. The molecule has 0 spiro atoms. The number of rotatable bonds is 2. The molecule has 2 aromatic carbocycles. The lowest BCUT2D eigenvalue weighted by atomic mass is 9.91. The fraction of sp³-hybridized carbons (Fsp3) is 0.455. The Hall–Kier alpha value is -1.29. The minimum absolute atomic E-state index is 0.539. The average Bonchev–Trinajstić information content (AvgIpc) is 3.48. The van der Waals surface area contributed by atoms with E-state index in [-0.39, 0.29) is 0 Å². The van der Waals surface area contributed by atoms with Crippen molar-refractivity contribution >= 4 is 11.8 Å². The van der Waals surface area contributed by atoms with Crippen LogP contribution in [-0.2, 0) is 6.42 Å². The van der Waals surface area contributed by atoms with E-state index in [0.29, 0.717) is 6.04 Å². The van der Waals surface area contributed by atoms with E-state index in [0.717, 1.165) is 12.3 Å². The Labute approximate surface area is 155 Å². The number of hydrogen-bond donors (Lipinski definition) is 0. The predicted octanol–water partition coefficient (Wildman–Crippen LogP) is 4.56. The highest BCUT2D eigenvalue weighted by Gasteiger charge is 2.35. The molecule has 2 aromatic rings. The zero-order valence-corrected chi connectivity index (χ0v) is 15.8. The molecule has 1 saturated heterocycles. The highest BCUT2D eigenvalue weighted by Crippen LogP contribution is 2.50. The molecule has 0 bridgehead atoms. The lowest BCUT2D eigenvalue weighted by molar-refractivity contribution is 0.109. The van der Waals surface area contributed by atoms with E-state index in [9.17, 15) is 0 Å². The van der Waals surface area contributed by atoms with Crippen molar-refractivity contribution in [3.63, 3.8) is 0 Å². The number of fused-ring (bicyclic) bond motifs is 2.